The van der Waals surface area contributed by atoms with Crippen LogP contribution >= 0.6 is 11.3 Å². The number of carboxylic acids is 1. The van der Waals surface area contributed by atoms with Gasteiger partial charge in [-0.25, -0.2) is 9.78 Å². The highest BCUT2D eigenvalue weighted by Gasteiger charge is 2.14. The van der Waals surface area contributed by atoms with Gasteiger partial charge in [0.25, 0.3) is 5.91 Å². The molecule has 1 heterocycles. The number of carbonyl (C=O) groups is 2. The van der Waals surface area contributed by atoms with Crippen LogP contribution in [0.25, 0.3) is 10.2 Å². The van der Waals surface area contributed by atoms with Crippen LogP contribution in [0.4, 0.5) is 5.13 Å². The number of carbonyl (C=O) groups excluding carboxylic acids is 1. The molecular weight excluding hydrogens is 292 g/mol. The number of fused-ring (bicyclic) bond motifs is 1. The fourth-order valence-electron chi connectivity index (χ4n) is 1.55. The zero-order valence-corrected chi connectivity index (χ0v) is 12.8. The number of nitrogens with one attached hydrogen (secondary N) is 1. The van der Waals surface area contributed by atoms with Crippen molar-refractivity contribution in [3.63, 3.8) is 0 Å². The lowest BCUT2D eigenvalue weighted by molar-refractivity contribution is -0.125. The minimum absolute atomic E-state index is 0.0558. The van der Waals surface area contributed by atoms with E-state index in [2.05, 4.69) is 10.3 Å². The number of ether oxygens (including phenoxy) is 1. The maximum Gasteiger partial charge on any atom is 0.335 e. The lowest BCUT2D eigenvalue weighted by Crippen LogP contribution is -2.27. The smallest absolute Gasteiger partial charge is 0.335 e. The molecule has 0 saturated carbocycles. The van der Waals surface area contributed by atoms with Crippen LogP contribution in [0.5, 0.6) is 0 Å². The first-order chi connectivity index (χ1) is 9.74. The predicted octanol–water partition coefficient (Wildman–Crippen LogP) is 2.75. The lowest BCUT2D eigenvalue weighted by Gasteiger charge is -2.18. The average Bonchev–Trinajstić information content (AvgIpc) is 2.76. The minimum atomic E-state index is -0.991. The molecule has 21 heavy (non-hydrogen) atoms. The van der Waals surface area contributed by atoms with Crippen molar-refractivity contribution < 1.29 is 19.4 Å². The zero-order valence-electron chi connectivity index (χ0n) is 12.0. The second kappa shape index (κ2) is 5.79. The monoisotopic (exact) mass is 308 g/mol. The summed E-state index contributed by atoms with van der Waals surface area (Å²) < 4.78 is 6.09. The summed E-state index contributed by atoms with van der Waals surface area (Å²) in [7, 11) is 0. The Hall–Kier alpha value is -1.99. The number of anilines is 1. The average molecular weight is 308 g/mol. The maximum atomic E-state index is 11.7. The highest BCUT2D eigenvalue weighted by molar-refractivity contribution is 7.22. The molecule has 0 atom stereocenters. The molecule has 0 spiro atoms. The minimum Gasteiger partial charge on any atom is -0.478 e. The van der Waals surface area contributed by atoms with Crippen LogP contribution in [-0.4, -0.2) is 34.2 Å². The fourth-order valence-corrected chi connectivity index (χ4v) is 2.47. The second-order valence-electron chi connectivity index (χ2n) is 5.46. The normalized spacial score (nSPS) is 11.6. The summed E-state index contributed by atoms with van der Waals surface area (Å²) in [5.74, 6) is -1.28. The lowest BCUT2D eigenvalue weighted by atomic mass is 10.2. The molecule has 0 saturated heterocycles. The van der Waals surface area contributed by atoms with Crippen LogP contribution in [0.1, 0.15) is 31.1 Å². The Labute approximate surface area is 125 Å². The molecule has 7 heteroatoms. The molecule has 2 aromatic rings. The predicted molar refractivity (Wildman–Crippen MR) is 80.9 cm³/mol. The van der Waals surface area contributed by atoms with Gasteiger partial charge in [-0.15, -0.1) is 0 Å². The third kappa shape index (κ3) is 4.24. The number of thiazole rings is 1. The van der Waals surface area contributed by atoms with E-state index in [0.29, 0.717) is 15.3 Å². The summed E-state index contributed by atoms with van der Waals surface area (Å²) in [4.78, 5) is 26.9. The van der Waals surface area contributed by atoms with Crippen molar-refractivity contribution in [1.29, 1.82) is 0 Å². The van der Waals surface area contributed by atoms with Crippen molar-refractivity contribution in [2.75, 3.05) is 11.9 Å². The largest absolute Gasteiger partial charge is 0.478 e. The molecule has 0 unspecified atom stereocenters. The molecule has 112 valence electrons. The molecule has 0 fully saturated rings. The van der Waals surface area contributed by atoms with Gasteiger partial charge in [-0.3, -0.25) is 10.1 Å². The summed E-state index contributed by atoms with van der Waals surface area (Å²) in [5.41, 5.74) is 0.457. The van der Waals surface area contributed by atoms with Crippen LogP contribution in [0.3, 0.4) is 0 Å². The Morgan fingerprint density at radius 2 is 2.10 bits per heavy atom. The molecule has 1 amide bonds. The van der Waals surface area contributed by atoms with Crippen LogP contribution in [0.2, 0.25) is 0 Å². The fraction of sp³-hybridized carbons (Fsp3) is 0.357. The topological polar surface area (TPSA) is 88.5 Å². The standard InChI is InChI=1S/C14H16N2O4S/c1-14(2,3)20-7-11(17)16-13-15-9-5-4-8(12(18)19)6-10(9)21-13/h4-6H,7H2,1-3H3,(H,18,19)(H,15,16,17). The van der Waals surface area contributed by atoms with E-state index in [1.54, 1.807) is 6.07 Å². The van der Waals surface area contributed by atoms with E-state index in [-0.39, 0.29) is 23.7 Å². The van der Waals surface area contributed by atoms with E-state index in [4.69, 9.17) is 9.84 Å². The molecule has 0 bridgehead atoms. The number of aromatic nitrogens is 1. The van der Waals surface area contributed by atoms with E-state index in [1.807, 2.05) is 20.8 Å². The Morgan fingerprint density at radius 3 is 2.71 bits per heavy atom. The van der Waals surface area contributed by atoms with Crippen molar-refractivity contribution in [2.45, 2.75) is 26.4 Å². The molecule has 1 aromatic carbocycles. The third-order valence-electron chi connectivity index (χ3n) is 2.52. The van der Waals surface area contributed by atoms with E-state index in [0.717, 1.165) is 0 Å². The third-order valence-corrected chi connectivity index (χ3v) is 3.45. The van der Waals surface area contributed by atoms with E-state index >= 15 is 0 Å². The van der Waals surface area contributed by atoms with E-state index in [9.17, 15) is 9.59 Å². The van der Waals surface area contributed by atoms with Crippen molar-refractivity contribution >= 4 is 38.6 Å². The Balaban J connectivity index is 2.09. The first-order valence-corrected chi connectivity index (χ1v) is 7.14. The Kier molecular flexibility index (Phi) is 4.24. The molecule has 6 nitrogen and oxygen atoms in total. The molecule has 0 aliphatic rings. The highest BCUT2D eigenvalue weighted by Crippen LogP contribution is 2.26. The van der Waals surface area contributed by atoms with Gasteiger partial charge in [-0.05, 0) is 39.0 Å². The molecule has 0 radical (unpaired) electrons. The molecule has 2 rings (SSSR count). The quantitative estimate of drug-likeness (QED) is 0.906. The number of aromatic carboxylic acids is 1. The number of hydrogen-bond donors (Lipinski definition) is 2. The summed E-state index contributed by atoms with van der Waals surface area (Å²) in [5, 5.41) is 12.0. The first kappa shape index (κ1) is 15.4. The van der Waals surface area contributed by atoms with Crippen molar-refractivity contribution in [3.05, 3.63) is 23.8 Å². The van der Waals surface area contributed by atoms with E-state index < -0.39 is 5.97 Å². The van der Waals surface area contributed by atoms with Crippen LogP contribution in [0.15, 0.2) is 18.2 Å². The molecule has 2 N–H and O–H groups in total. The van der Waals surface area contributed by atoms with Gasteiger partial charge in [-0.1, -0.05) is 11.3 Å². The summed E-state index contributed by atoms with van der Waals surface area (Å²) in [6.45, 7) is 5.54. The second-order valence-corrected chi connectivity index (χ2v) is 6.49. The number of carboxylic acid groups (broad SMARTS) is 1. The van der Waals surface area contributed by atoms with Crippen LogP contribution in [-0.2, 0) is 9.53 Å². The van der Waals surface area contributed by atoms with Crippen molar-refractivity contribution in [3.8, 4) is 0 Å². The summed E-state index contributed by atoms with van der Waals surface area (Å²) in [6.07, 6.45) is 0. The SMILES string of the molecule is CC(C)(C)OCC(=O)Nc1nc2ccc(C(=O)O)cc2s1. The van der Waals surface area contributed by atoms with Crippen LogP contribution in [0, 0.1) is 0 Å². The van der Waals surface area contributed by atoms with Gasteiger partial charge in [0.2, 0.25) is 0 Å². The van der Waals surface area contributed by atoms with Crippen molar-refractivity contribution in [1.82, 2.24) is 4.98 Å². The molecular formula is C14H16N2O4S. The zero-order chi connectivity index (χ0) is 15.6. The Morgan fingerprint density at radius 1 is 1.38 bits per heavy atom. The maximum absolute atomic E-state index is 11.7. The Bertz CT molecular complexity index is 688. The number of hydrogen-bond acceptors (Lipinski definition) is 5. The summed E-state index contributed by atoms with van der Waals surface area (Å²) in [6, 6.07) is 4.64. The van der Waals surface area contributed by atoms with Crippen molar-refractivity contribution in [2.24, 2.45) is 0 Å². The number of nitrogens with zero attached hydrogens (tertiary/aromatic N) is 1. The molecule has 0 aliphatic heterocycles. The van der Waals surface area contributed by atoms with Gasteiger partial charge in [0.15, 0.2) is 5.13 Å². The van der Waals surface area contributed by atoms with Gasteiger partial charge in [-0.2, -0.15) is 0 Å². The number of amides is 1. The molecule has 1 aromatic heterocycles. The number of benzene rings is 1. The van der Waals surface area contributed by atoms with Gasteiger partial charge >= 0.3 is 5.97 Å². The number of rotatable bonds is 4. The van der Waals surface area contributed by atoms with Gasteiger partial charge in [0.1, 0.15) is 6.61 Å². The van der Waals surface area contributed by atoms with Gasteiger partial charge in [0.05, 0.1) is 21.4 Å². The van der Waals surface area contributed by atoms with Gasteiger partial charge < -0.3 is 9.84 Å². The molecule has 0 aliphatic carbocycles. The first-order valence-electron chi connectivity index (χ1n) is 6.32. The summed E-state index contributed by atoms with van der Waals surface area (Å²) >= 11 is 1.23. The van der Waals surface area contributed by atoms with Crippen LogP contribution < -0.4 is 5.32 Å². The van der Waals surface area contributed by atoms with E-state index in [1.165, 1.54) is 23.5 Å². The van der Waals surface area contributed by atoms with Gasteiger partial charge in [0, 0.05) is 0 Å². The highest BCUT2D eigenvalue weighted by atomic mass is 32.1.